The summed E-state index contributed by atoms with van der Waals surface area (Å²) < 4.78 is 18.2. The number of benzene rings is 1. The lowest BCUT2D eigenvalue weighted by atomic mass is 9.83. The monoisotopic (exact) mass is 318 g/mol. The predicted octanol–water partition coefficient (Wildman–Crippen LogP) is 2.71. The summed E-state index contributed by atoms with van der Waals surface area (Å²) in [6, 6.07) is 7.24. The predicted molar refractivity (Wildman–Crippen MR) is 80.8 cm³/mol. The molecule has 0 radical (unpaired) electrons. The minimum absolute atomic E-state index is 0.0392. The van der Waals surface area contributed by atoms with Crippen LogP contribution in [0.4, 0.5) is 4.39 Å². The number of nitriles is 1. The van der Waals surface area contributed by atoms with Gasteiger partial charge >= 0.3 is 5.97 Å². The zero-order valence-corrected chi connectivity index (χ0v) is 13.0. The van der Waals surface area contributed by atoms with E-state index in [2.05, 4.69) is 11.4 Å². The highest BCUT2D eigenvalue weighted by atomic mass is 19.1. The Hall–Kier alpha value is -2.42. The van der Waals surface area contributed by atoms with Gasteiger partial charge in [-0.2, -0.15) is 5.26 Å². The number of hydrogen-bond donors (Lipinski definition) is 1. The molecule has 0 aliphatic heterocycles. The van der Waals surface area contributed by atoms with E-state index in [9.17, 15) is 19.2 Å². The molecule has 1 aromatic carbocycles. The second kappa shape index (κ2) is 7.23. The van der Waals surface area contributed by atoms with Gasteiger partial charge in [0.2, 0.25) is 0 Å². The molecule has 0 saturated heterocycles. The third kappa shape index (κ3) is 4.28. The zero-order valence-electron chi connectivity index (χ0n) is 13.0. The fraction of sp³-hybridized carbons (Fsp3) is 0.471. The minimum atomic E-state index is -1.06. The Labute approximate surface area is 134 Å². The number of nitrogens with one attached hydrogen (secondary N) is 1. The molecule has 1 fully saturated rings. The molecule has 1 saturated carbocycles. The van der Waals surface area contributed by atoms with E-state index in [1.807, 2.05) is 0 Å². The SMILES string of the molecule is CC(OC(=O)c1cccc(F)c1)C(=O)NC1(C#N)CCCCC1. The van der Waals surface area contributed by atoms with Gasteiger partial charge in [0.05, 0.1) is 11.6 Å². The summed E-state index contributed by atoms with van der Waals surface area (Å²) in [5.41, 5.74) is -0.841. The third-order valence-electron chi connectivity index (χ3n) is 4.00. The molecule has 0 aromatic heterocycles. The van der Waals surface area contributed by atoms with Crippen molar-refractivity contribution < 1.29 is 18.7 Å². The van der Waals surface area contributed by atoms with E-state index in [0.717, 1.165) is 25.3 Å². The summed E-state index contributed by atoms with van der Waals surface area (Å²) in [6.45, 7) is 1.43. The maximum absolute atomic E-state index is 13.1. The van der Waals surface area contributed by atoms with E-state index < -0.39 is 29.3 Å². The number of esters is 1. The smallest absolute Gasteiger partial charge is 0.339 e. The maximum atomic E-state index is 13.1. The molecule has 1 unspecified atom stereocenters. The van der Waals surface area contributed by atoms with Crippen LogP contribution in [-0.4, -0.2) is 23.5 Å². The lowest BCUT2D eigenvalue weighted by Crippen LogP contribution is -2.52. The number of carbonyl (C=O) groups excluding carboxylic acids is 2. The van der Waals surface area contributed by atoms with E-state index in [0.29, 0.717) is 12.8 Å². The highest BCUT2D eigenvalue weighted by Gasteiger charge is 2.35. The van der Waals surface area contributed by atoms with Gasteiger partial charge in [-0.05, 0) is 38.0 Å². The van der Waals surface area contributed by atoms with Crippen molar-refractivity contribution in [3.05, 3.63) is 35.6 Å². The second-order valence-electron chi connectivity index (χ2n) is 5.80. The van der Waals surface area contributed by atoms with Gasteiger partial charge in [-0.15, -0.1) is 0 Å². The first kappa shape index (κ1) is 16.9. The number of hydrogen-bond acceptors (Lipinski definition) is 4. The average Bonchev–Trinajstić information content (AvgIpc) is 2.55. The topological polar surface area (TPSA) is 79.2 Å². The first-order valence-corrected chi connectivity index (χ1v) is 7.66. The van der Waals surface area contributed by atoms with Crippen LogP contribution in [0.5, 0.6) is 0 Å². The van der Waals surface area contributed by atoms with Crippen LogP contribution in [0, 0.1) is 17.1 Å². The fourth-order valence-corrected chi connectivity index (χ4v) is 2.66. The van der Waals surface area contributed by atoms with Crippen molar-refractivity contribution in [2.24, 2.45) is 0 Å². The molecule has 1 aliphatic carbocycles. The lowest BCUT2D eigenvalue weighted by molar-refractivity contribution is -0.130. The first-order chi connectivity index (χ1) is 11.0. The van der Waals surface area contributed by atoms with Crippen LogP contribution in [0.15, 0.2) is 24.3 Å². The zero-order chi connectivity index (χ0) is 16.9. The Bertz CT molecular complexity index is 633. The van der Waals surface area contributed by atoms with Crippen LogP contribution < -0.4 is 5.32 Å². The van der Waals surface area contributed by atoms with Crippen molar-refractivity contribution in [3.63, 3.8) is 0 Å². The normalized spacial score (nSPS) is 17.6. The number of carbonyl (C=O) groups is 2. The summed E-state index contributed by atoms with van der Waals surface area (Å²) in [5.74, 6) is -1.85. The molecular formula is C17H19FN2O3. The van der Waals surface area contributed by atoms with E-state index in [4.69, 9.17) is 4.74 Å². The van der Waals surface area contributed by atoms with Crippen LogP contribution in [0.3, 0.4) is 0 Å². The fourth-order valence-electron chi connectivity index (χ4n) is 2.66. The molecule has 1 N–H and O–H groups in total. The van der Waals surface area contributed by atoms with Crippen molar-refractivity contribution in [1.29, 1.82) is 5.26 Å². The number of halogens is 1. The number of rotatable bonds is 4. The Balaban J connectivity index is 1.97. The Kier molecular flexibility index (Phi) is 5.32. The van der Waals surface area contributed by atoms with Crippen molar-refractivity contribution >= 4 is 11.9 Å². The Morgan fingerprint density at radius 1 is 1.35 bits per heavy atom. The van der Waals surface area contributed by atoms with Crippen LogP contribution in [0.1, 0.15) is 49.4 Å². The molecule has 0 spiro atoms. The standard InChI is InChI=1S/C17H19FN2O3/c1-12(23-16(22)13-6-5-7-14(18)10-13)15(21)20-17(11-19)8-3-2-4-9-17/h5-7,10,12H,2-4,8-9H2,1H3,(H,20,21). The molecule has 122 valence electrons. The summed E-state index contributed by atoms with van der Waals surface area (Å²) in [4.78, 5) is 24.1. The lowest BCUT2D eigenvalue weighted by Gasteiger charge is -2.32. The van der Waals surface area contributed by atoms with Gasteiger partial charge in [0.15, 0.2) is 6.10 Å². The molecule has 1 atom stereocenters. The van der Waals surface area contributed by atoms with Crippen molar-refractivity contribution in [3.8, 4) is 6.07 Å². The summed E-state index contributed by atoms with van der Waals surface area (Å²) in [7, 11) is 0. The number of ether oxygens (including phenoxy) is 1. The van der Waals surface area contributed by atoms with Gasteiger partial charge in [0.25, 0.3) is 5.91 Å². The molecule has 0 bridgehead atoms. The average molecular weight is 318 g/mol. The van der Waals surface area contributed by atoms with Gasteiger partial charge in [-0.3, -0.25) is 4.79 Å². The summed E-state index contributed by atoms with van der Waals surface area (Å²) in [5, 5.41) is 12.0. The van der Waals surface area contributed by atoms with Crippen LogP contribution >= 0.6 is 0 Å². The van der Waals surface area contributed by atoms with Crippen molar-refractivity contribution in [2.45, 2.75) is 50.7 Å². The van der Waals surface area contributed by atoms with E-state index in [1.165, 1.54) is 25.1 Å². The Morgan fingerprint density at radius 3 is 2.65 bits per heavy atom. The van der Waals surface area contributed by atoms with Gasteiger partial charge < -0.3 is 10.1 Å². The second-order valence-corrected chi connectivity index (χ2v) is 5.80. The van der Waals surface area contributed by atoms with Gasteiger partial charge in [0.1, 0.15) is 11.4 Å². The van der Waals surface area contributed by atoms with Gasteiger partial charge in [0, 0.05) is 0 Å². The molecule has 23 heavy (non-hydrogen) atoms. The molecule has 1 amide bonds. The molecular weight excluding hydrogens is 299 g/mol. The highest BCUT2D eigenvalue weighted by molar-refractivity contribution is 5.92. The quantitative estimate of drug-likeness (QED) is 0.866. The Morgan fingerprint density at radius 2 is 2.04 bits per heavy atom. The highest BCUT2D eigenvalue weighted by Crippen LogP contribution is 2.27. The summed E-state index contributed by atoms with van der Waals surface area (Å²) in [6.07, 6.45) is 2.94. The van der Waals surface area contributed by atoms with E-state index in [1.54, 1.807) is 0 Å². The van der Waals surface area contributed by atoms with Gasteiger partial charge in [-0.1, -0.05) is 25.3 Å². The molecule has 1 aliphatic rings. The number of nitrogens with zero attached hydrogens (tertiary/aromatic N) is 1. The van der Waals surface area contributed by atoms with Crippen LogP contribution in [0.25, 0.3) is 0 Å². The first-order valence-electron chi connectivity index (χ1n) is 7.66. The molecule has 0 heterocycles. The third-order valence-corrected chi connectivity index (χ3v) is 4.00. The van der Waals surface area contributed by atoms with Crippen molar-refractivity contribution in [2.75, 3.05) is 0 Å². The largest absolute Gasteiger partial charge is 0.449 e. The molecule has 6 heteroatoms. The molecule has 2 rings (SSSR count). The maximum Gasteiger partial charge on any atom is 0.339 e. The molecule has 1 aromatic rings. The van der Waals surface area contributed by atoms with Crippen molar-refractivity contribution in [1.82, 2.24) is 5.32 Å². The molecule has 5 nitrogen and oxygen atoms in total. The van der Waals surface area contributed by atoms with E-state index >= 15 is 0 Å². The number of amides is 1. The van der Waals surface area contributed by atoms with Crippen LogP contribution in [0.2, 0.25) is 0 Å². The minimum Gasteiger partial charge on any atom is -0.449 e. The van der Waals surface area contributed by atoms with Gasteiger partial charge in [-0.25, -0.2) is 9.18 Å². The van der Waals surface area contributed by atoms with E-state index in [-0.39, 0.29) is 5.56 Å². The van der Waals surface area contributed by atoms with Crippen LogP contribution in [-0.2, 0) is 9.53 Å². The summed E-state index contributed by atoms with van der Waals surface area (Å²) >= 11 is 0.